The van der Waals surface area contributed by atoms with E-state index in [4.69, 9.17) is 18.9 Å². The third-order valence-electron chi connectivity index (χ3n) is 3.07. The van der Waals surface area contributed by atoms with Crippen molar-refractivity contribution in [2.75, 3.05) is 33.0 Å². The summed E-state index contributed by atoms with van der Waals surface area (Å²) < 4.78 is 54.9. The minimum Gasteiger partial charge on any atom is -0.396 e. The number of hydrogen-bond donors (Lipinski definition) is 1. The van der Waals surface area contributed by atoms with Gasteiger partial charge in [0.25, 0.3) is 0 Å². The number of ether oxygens (including phenoxy) is 1. The monoisotopic (exact) mass is 302 g/mol. The van der Waals surface area contributed by atoms with Crippen molar-refractivity contribution < 1.29 is 32.2 Å². The molecule has 0 spiro atoms. The second-order valence-corrected chi connectivity index (χ2v) is 6.61. The lowest BCUT2D eigenvalue weighted by molar-refractivity contribution is 0.00983. The Morgan fingerprint density at radius 2 is 1.79 bits per heavy atom. The molecule has 0 aromatic rings. The molecule has 0 unspecified atom stereocenters. The van der Waals surface area contributed by atoms with Gasteiger partial charge in [-0.2, -0.15) is 8.78 Å². The van der Waals surface area contributed by atoms with E-state index < -0.39 is 25.6 Å². The van der Waals surface area contributed by atoms with Crippen LogP contribution < -0.4 is 0 Å². The van der Waals surface area contributed by atoms with Crippen LogP contribution in [-0.2, 0) is 18.3 Å². The van der Waals surface area contributed by atoms with Crippen molar-refractivity contribution in [3.63, 3.8) is 0 Å². The van der Waals surface area contributed by atoms with Gasteiger partial charge in [-0.15, -0.1) is 0 Å². The summed E-state index contributed by atoms with van der Waals surface area (Å²) in [6.45, 7) is 2.88. The molecule has 0 amide bonds. The summed E-state index contributed by atoms with van der Waals surface area (Å²) in [5, 5.41) is 9.09. The van der Waals surface area contributed by atoms with E-state index >= 15 is 0 Å². The number of alkyl halides is 2. The predicted octanol–water partition coefficient (Wildman–Crippen LogP) is 2.49. The van der Waals surface area contributed by atoms with E-state index in [0.717, 1.165) is 0 Å². The zero-order chi connectivity index (χ0) is 14.5. The number of halogens is 2. The second-order valence-electron chi connectivity index (χ2n) is 4.44. The van der Waals surface area contributed by atoms with Crippen LogP contribution in [0.25, 0.3) is 0 Å². The van der Waals surface area contributed by atoms with Gasteiger partial charge in [0, 0.05) is 18.9 Å². The predicted molar refractivity (Wildman–Crippen MR) is 65.3 cm³/mol. The molecule has 0 aromatic heterocycles. The van der Waals surface area contributed by atoms with Gasteiger partial charge in [0.2, 0.25) is 0 Å². The van der Waals surface area contributed by atoms with E-state index in [2.05, 4.69) is 0 Å². The molecule has 0 radical (unpaired) electrons. The van der Waals surface area contributed by atoms with Crippen LogP contribution in [0.1, 0.15) is 20.3 Å². The van der Waals surface area contributed by atoms with Crippen LogP contribution in [0.5, 0.6) is 0 Å². The van der Waals surface area contributed by atoms with Gasteiger partial charge < -0.3 is 18.9 Å². The third kappa shape index (κ3) is 3.95. The molecule has 1 heterocycles. The summed E-state index contributed by atoms with van der Waals surface area (Å²) in [4.78, 5) is 0. The minimum absolute atomic E-state index is 0.114. The first kappa shape index (κ1) is 17.0. The smallest absolute Gasteiger partial charge is 0.396 e. The number of aliphatic hydroxyl groups is 1. The Balaban J connectivity index is 2.79. The quantitative estimate of drug-likeness (QED) is 0.698. The van der Waals surface area contributed by atoms with Crippen LogP contribution in [0.15, 0.2) is 0 Å². The Morgan fingerprint density at radius 1 is 1.26 bits per heavy atom. The van der Waals surface area contributed by atoms with Crippen molar-refractivity contribution in [1.29, 1.82) is 0 Å². The molecule has 1 aliphatic rings. The Hall–Kier alpha value is -0.0700. The molecule has 2 atom stereocenters. The SMILES string of the molecule is CCOP(=O)(OCC)C(F)(F)C[C@H]1COC[C@@H]1CO. The van der Waals surface area contributed by atoms with Gasteiger partial charge in [0.05, 0.1) is 26.4 Å². The Bertz CT molecular complexity index is 316. The van der Waals surface area contributed by atoms with Crippen molar-refractivity contribution in [2.45, 2.75) is 25.9 Å². The van der Waals surface area contributed by atoms with E-state index in [1.54, 1.807) is 0 Å². The molecule has 114 valence electrons. The van der Waals surface area contributed by atoms with Gasteiger partial charge in [0.15, 0.2) is 0 Å². The molecular formula is C11H21F2O5P. The molecule has 5 nitrogen and oxygen atoms in total. The van der Waals surface area contributed by atoms with Crippen LogP contribution >= 0.6 is 7.60 Å². The Labute approximate surface area is 111 Å². The van der Waals surface area contributed by atoms with Crippen LogP contribution in [0.3, 0.4) is 0 Å². The summed E-state index contributed by atoms with van der Waals surface area (Å²) in [7, 11) is -4.48. The fourth-order valence-corrected chi connectivity index (χ4v) is 3.65. The van der Waals surface area contributed by atoms with Gasteiger partial charge in [-0.1, -0.05) is 0 Å². The van der Waals surface area contributed by atoms with E-state index in [1.807, 2.05) is 0 Å². The molecule has 8 heteroatoms. The third-order valence-corrected chi connectivity index (χ3v) is 5.25. The number of aliphatic hydroxyl groups excluding tert-OH is 1. The van der Waals surface area contributed by atoms with E-state index in [1.165, 1.54) is 13.8 Å². The van der Waals surface area contributed by atoms with Gasteiger partial charge in [-0.25, -0.2) is 0 Å². The van der Waals surface area contributed by atoms with Crippen LogP contribution in [0.2, 0.25) is 0 Å². The lowest BCUT2D eigenvalue weighted by atomic mass is 9.94. The van der Waals surface area contributed by atoms with Crippen molar-refractivity contribution in [3.05, 3.63) is 0 Å². The van der Waals surface area contributed by atoms with Crippen LogP contribution in [0, 0.1) is 11.8 Å². The number of rotatable bonds is 8. The average molecular weight is 302 g/mol. The molecule has 0 saturated carbocycles. The van der Waals surface area contributed by atoms with E-state index in [0.29, 0.717) is 0 Å². The molecule has 0 aliphatic carbocycles. The summed E-state index contributed by atoms with van der Waals surface area (Å²) >= 11 is 0. The molecule has 0 bridgehead atoms. The molecule has 1 aliphatic heterocycles. The number of hydrogen-bond acceptors (Lipinski definition) is 5. The van der Waals surface area contributed by atoms with E-state index in [9.17, 15) is 13.3 Å². The standard InChI is InChI=1S/C11H21F2O5P/c1-3-17-19(15,18-4-2)11(12,13)5-9-7-16-8-10(9)6-14/h9-10,14H,3-8H2,1-2H3/t9-,10-/m0/s1. The first-order valence-corrected chi connectivity index (χ1v) is 7.90. The highest BCUT2D eigenvalue weighted by molar-refractivity contribution is 7.55. The molecule has 1 N–H and O–H groups in total. The molecular weight excluding hydrogens is 281 g/mol. The molecule has 1 saturated heterocycles. The molecule has 19 heavy (non-hydrogen) atoms. The van der Waals surface area contributed by atoms with Gasteiger partial charge in [-0.3, -0.25) is 4.57 Å². The maximum Gasteiger partial charge on any atom is 0.399 e. The van der Waals surface area contributed by atoms with Crippen LogP contribution in [-0.4, -0.2) is 43.8 Å². The lowest BCUT2D eigenvalue weighted by Crippen LogP contribution is -2.28. The summed E-state index contributed by atoms with van der Waals surface area (Å²) in [5.74, 6) is -0.906. The van der Waals surface area contributed by atoms with Crippen molar-refractivity contribution >= 4 is 7.60 Å². The fourth-order valence-electron chi connectivity index (χ4n) is 2.06. The highest BCUT2D eigenvalue weighted by Crippen LogP contribution is 2.64. The van der Waals surface area contributed by atoms with Gasteiger partial charge in [0.1, 0.15) is 0 Å². The fraction of sp³-hybridized carbons (Fsp3) is 1.00. The summed E-state index contributed by atoms with van der Waals surface area (Å²) in [6.07, 6.45) is -0.671. The summed E-state index contributed by atoms with van der Waals surface area (Å²) in [6, 6.07) is 0. The normalized spacial score (nSPS) is 24.9. The first-order chi connectivity index (χ1) is 8.90. The highest BCUT2D eigenvalue weighted by atomic mass is 31.2. The maximum atomic E-state index is 14.2. The topological polar surface area (TPSA) is 65.0 Å². The lowest BCUT2D eigenvalue weighted by Gasteiger charge is -2.28. The van der Waals surface area contributed by atoms with Gasteiger partial charge >= 0.3 is 13.3 Å². The van der Waals surface area contributed by atoms with Crippen LogP contribution in [0.4, 0.5) is 8.78 Å². The Morgan fingerprint density at radius 3 is 2.26 bits per heavy atom. The first-order valence-electron chi connectivity index (χ1n) is 6.35. The highest BCUT2D eigenvalue weighted by Gasteiger charge is 2.55. The minimum atomic E-state index is -4.48. The maximum absolute atomic E-state index is 14.2. The van der Waals surface area contributed by atoms with Crippen molar-refractivity contribution in [2.24, 2.45) is 11.8 Å². The Kier molecular flexibility index (Phi) is 6.33. The molecule has 0 aromatic carbocycles. The average Bonchev–Trinajstić information content (AvgIpc) is 2.76. The van der Waals surface area contributed by atoms with E-state index in [-0.39, 0.29) is 39.0 Å². The molecule has 1 rings (SSSR count). The van der Waals surface area contributed by atoms with Crippen molar-refractivity contribution in [3.8, 4) is 0 Å². The zero-order valence-electron chi connectivity index (χ0n) is 11.2. The largest absolute Gasteiger partial charge is 0.399 e. The second kappa shape index (κ2) is 7.09. The van der Waals surface area contributed by atoms with Crippen molar-refractivity contribution in [1.82, 2.24) is 0 Å². The van der Waals surface area contributed by atoms with Gasteiger partial charge in [-0.05, 0) is 19.8 Å². The zero-order valence-corrected chi connectivity index (χ0v) is 12.1. The summed E-state index contributed by atoms with van der Waals surface area (Å²) in [5.41, 5.74) is -3.58. The molecule has 1 fully saturated rings.